The molecule has 1 atom stereocenters. The van der Waals surface area contributed by atoms with Gasteiger partial charge in [0.1, 0.15) is 5.60 Å². The van der Waals surface area contributed by atoms with Crippen LogP contribution < -0.4 is 0 Å². The summed E-state index contributed by atoms with van der Waals surface area (Å²) >= 11 is 0. The molecule has 0 bridgehead atoms. The number of ether oxygens (including phenoxy) is 1. The van der Waals surface area contributed by atoms with Crippen molar-refractivity contribution in [1.82, 2.24) is 4.90 Å². The van der Waals surface area contributed by atoms with Crippen LogP contribution in [0.5, 0.6) is 0 Å². The first-order valence-electron chi connectivity index (χ1n) is 8.27. The Hall–Kier alpha value is -1.29. The summed E-state index contributed by atoms with van der Waals surface area (Å²) in [5.74, 6) is 0.202. The number of likely N-dealkylation sites (tertiary alicyclic amines) is 1. The molecule has 0 aromatic rings. The van der Waals surface area contributed by atoms with Gasteiger partial charge in [-0.1, -0.05) is 25.2 Å². The molecule has 1 fully saturated rings. The van der Waals surface area contributed by atoms with Gasteiger partial charge in [-0.05, 0) is 58.4 Å². The Kier molecular flexibility index (Phi) is 7.14. The number of aliphatic hydroxyl groups is 1. The van der Waals surface area contributed by atoms with Crippen molar-refractivity contribution < 1.29 is 14.6 Å². The van der Waals surface area contributed by atoms with Gasteiger partial charge in [0.2, 0.25) is 0 Å². The molecule has 0 radical (unpaired) electrons. The molecule has 1 aliphatic rings. The van der Waals surface area contributed by atoms with Crippen LogP contribution in [0.4, 0.5) is 4.79 Å². The molecule has 4 heteroatoms. The van der Waals surface area contributed by atoms with Crippen LogP contribution in [0.25, 0.3) is 0 Å². The molecule has 4 nitrogen and oxygen atoms in total. The summed E-state index contributed by atoms with van der Waals surface area (Å²) in [5.41, 5.74) is 0.525. The second-order valence-electron chi connectivity index (χ2n) is 6.86. The SMILES string of the molecule is C/C=C\C(=C/CC)C(O)C1CCN(C(=O)OC(C)(C)C)CC1. The van der Waals surface area contributed by atoms with Crippen LogP contribution in [0, 0.1) is 5.92 Å². The normalized spacial score (nSPS) is 19.5. The maximum Gasteiger partial charge on any atom is 0.410 e. The van der Waals surface area contributed by atoms with E-state index in [1.807, 2.05) is 39.8 Å². The lowest BCUT2D eigenvalue weighted by Crippen LogP contribution is -2.43. The quantitative estimate of drug-likeness (QED) is 0.801. The number of piperidine rings is 1. The van der Waals surface area contributed by atoms with Crippen LogP contribution in [-0.4, -0.2) is 40.9 Å². The number of carbonyl (C=O) groups excluding carboxylic acids is 1. The molecule has 1 N–H and O–H groups in total. The lowest BCUT2D eigenvalue weighted by molar-refractivity contribution is 0.0117. The van der Waals surface area contributed by atoms with Crippen LogP contribution in [0.3, 0.4) is 0 Å². The summed E-state index contributed by atoms with van der Waals surface area (Å²) in [7, 11) is 0. The molecule has 0 aromatic carbocycles. The highest BCUT2D eigenvalue weighted by Gasteiger charge is 2.30. The fourth-order valence-corrected chi connectivity index (χ4v) is 2.71. The van der Waals surface area contributed by atoms with Crippen molar-refractivity contribution in [2.45, 2.75) is 65.6 Å². The molecule has 0 spiro atoms. The first kappa shape index (κ1) is 18.8. The average molecular weight is 309 g/mol. The Labute approximate surface area is 134 Å². The summed E-state index contributed by atoms with van der Waals surface area (Å²) < 4.78 is 5.40. The van der Waals surface area contributed by atoms with Crippen molar-refractivity contribution in [3.8, 4) is 0 Å². The van der Waals surface area contributed by atoms with Crippen LogP contribution >= 0.6 is 0 Å². The van der Waals surface area contributed by atoms with Crippen molar-refractivity contribution >= 4 is 6.09 Å². The van der Waals surface area contributed by atoms with Gasteiger partial charge in [0.05, 0.1) is 6.10 Å². The first-order valence-corrected chi connectivity index (χ1v) is 8.27. The molecule has 0 aliphatic carbocycles. The third-order valence-corrected chi connectivity index (χ3v) is 3.78. The molecule has 0 aromatic heterocycles. The van der Waals surface area contributed by atoms with Crippen LogP contribution in [0.2, 0.25) is 0 Å². The van der Waals surface area contributed by atoms with Crippen molar-refractivity contribution in [2.24, 2.45) is 5.92 Å². The monoisotopic (exact) mass is 309 g/mol. The van der Waals surface area contributed by atoms with Crippen molar-refractivity contribution in [3.63, 3.8) is 0 Å². The Morgan fingerprint density at radius 2 is 1.95 bits per heavy atom. The van der Waals surface area contributed by atoms with Crippen molar-refractivity contribution in [2.75, 3.05) is 13.1 Å². The Balaban J connectivity index is 2.57. The summed E-state index contributed by atoms with van der Waals surface area (Å²) in [6.07, 6.45) is 7.83. The summed E-state index contributed by atoms with van der Waals surface area (Å²) in [6.45, 7) is 10.9. The van der Waals surface area contributed by atoms with Gasteiger partial charge in [0.25, 0.3) is 0 Å². The molecule has 1 aliphatic heterocycles. The van der Waals surface area contributed by atoms with Crippen LogP contribution in [0.15, 0.2) is 23.8 Å². The fourth-order valence-electron chi connectivity index (χ4n) is 2.71. The highest BCUT2D eigenvalue weighted by atomic mass is 16.6. The third kappa shape index (κ3) is 5.84. The molecule has 1 unspecified atom stereocenters. The number of hydrogen-bond donors (Lipinski definition) is 1. The number of amides is 1. The Bertz CT molecular complexity index is 413. The number of nitrogens with zero attached hydrogens (tertiary/aromatic N) is 1. The number of rotatable bonds is 4. The molecule has 1 heterocycles. The topological polar surface area (TPSA) is 49.8 Å². The molecule has 0 saturated carbocycles. The zero-order valence-electron chi connectivity index (χ0n) is 14.6. The minimum Gasteiger partial charge on any atom is -0.444 e. The molecule has 1 saturated heterocycles. The molecule has 22 heavy (non-hydrogen) atoms. The number of allylic oxidation sites excluding steroid dienone is 2. The van der Waals surface area contributed by atoms with Gasteiger partial charge in [-0.2, -0.15) is 0 Å². The second kappa shape index (κ2) is 8.37. The molecule has 1 amide bonds. The lowest BCUT2D eigenvalue weighted by Gasteiger charge is -2.35. The van der Waals surface area contributed by atoms with E-state index in [1.54, 1.807) is 4.90 Å². The molecular weight excluding hydrogens is 278 g/mol. The molecular formula is C18H31NO3. The van der Waals surface area contributed by atoms with Crippen molar-refractivity contribution in [3.05, 3.63) is 23.8 Å². The predicted molar refractivity (Wildman–Crippen MR) is 89.7 cm³/mol. The maximum absolute atomic E-state index is 12.0. The number of aliphatic hydroxyl groups excluding tert-OH is 1. The zero-order valence-corrected chi connectivity index (χ0v) is 14.6. The number of hydrogen-bond acceptors (Lipinski definition) is 3. The van der Waals surface area contributed by atoms with E-state index >= 15 is 0 Å². The van der Waals surface area contributed by atoms with Crippen LogP contribution in [0.1, 0.15) is 53.9 Å². The highest BCUT2D eigenvalue weighted by Crippen LogP contribution is 2.26. The average Bonchev–Trinajstić information content (AvgIpc) is 2.44. The predicted octanol–water partition coefficient (Wildman–Crippen LogP) is 3.91. The van der Waals surface area contributed by atoms with E-state index < -0.39 is 11.7 Å². The largest absolute Gasteiger partial charge is 0.444 e. The van der Waals surface area contributed by atoms with Crippen LogP contribution in [-0.2, 0) is 4.74 Å². The summed E-state index contributed by atoms with van der Waals surface area (Å²) in [5, 5.41) is 10.6. The standard InChI is InChI=1S/C18H31NO3/c1-6-8-14(9-7-2)16(20)15-10-12-19(13-11-15)17(21)22-18(3,4)5/h6,8-9,15-16,20H,7,10-13H2,1-5H3/b8-6-,14-9+. The summed E-state index contributed by atoms with van der Waals surface area (Å²) in [6, 6.07) is 0. The van der Waals surface area contributed by atoms with E-state index in [0.29, 0.717) is 13.1 Å². The van der Waals surface area contributed by atoms with E-state index in [0.717, 1.165) is 24.8 Å². The lowest BCUT2D eigenvalue weighted by atomic mass is 9.87. The maximum atomic E-state index is 12.0. The van der Waals surface area contributed by atoms with E-state index in [1.165, 1.54) is 0 Å². The number of carbonyl (C=O) groups is 1. The van der Waals surface area contributed by atoms with Crippen molar-refractivity contribution in [1.29, 1.82) is 0 Å². The van der Waals surface area contributed by atoms with Gasteiger partial charge in [-0.15, -0.1) is 0 Å². The van der Waals surface area contributed by atoms with E-state index in [-0.39, 0.29) is 12.0 Å². The van der Waals surface area contributed by atoms with Gasteiger partial charge in [-0.3, -0.25) is 0 Å². The Morgan fingerprint density at radius 3 is 2.41 bits per heavy atom. The third-order valence-electron chi connectivity index (χ3n) is 3.78. The second-order valence-corrected chi connectivity index (χ2v) is 6.86. The zero-order chi connectivity index (χ0) is 16.8. The van der Waals surface area contributed by atoms with Gasteiger partial charge in [0.15, 0.2) is 0 Å². The molecule has 126 valence electrons. The Morgan fingerprint density at radius 1 is 1.36 bits per heavy atom. The van der Waals surface area contributed by atoms with E-state index in [2.05, 4.69) is 13.0 Å². The van der Waals surface area contributed by atoms with Gasteiger partial charge < -0.3 is 14.7 Å². The molecule has 1 rings (SSSR count). The first-order chi connectivity index (χ1) is 10.3. The smallest absolute Gasteiger partial charge is 0.410 e. The van der Waals surface area contributed by atoms with Gasteiger partial charge in [0, 0.05) is 13.1 Å². The van der Waals surface area contributed by atoms with Gasteiger partial charge in [-0.25, -0.2) is 4.79 Å². The minimum absolute atomic E-state index is 0.202. The minimum atomic E-state index is -0.462. The highest BCUT2D eigenvalue weighted by molar-refractivity contribution is 5.68. The van der Waals surface area contributed by atoms with Gasteiger partial charge >= 0.3 is 6.09 Å². The fraction of sp³-hybridized carbons (Fsp3) is 0.722. The summed E-state index contributed by atoms with van der Waals surface area (Å²) in [4.78, 5) is 13.8. The van der Waals surface area contributed by atoms with E-state index in [4.69, 9.17) is 4.74 Å². The van der Waals surface area contributed by atoms with E-state index in [9.17, 15) is 9.90 Å².